The molecule has 0 radical (unpaired) electrons. The highest BCUT2D eigenvalue weighted by molar-refractivity contribution is 7.99. The van der Waals surface area contributed by atoms with Crippen LogP contribution in [0.3, 0.4) is 0 Å². The number of thioether (sulfide) groups is 1. The summed E-state index contributed by atoms with van der Waals surface area (Å²) in [6.45, 7) is 3.23. The van der Waals surface area contributed by atoms with Gasteiger partial charge in [-0.1, -0.05) is 19.8 Å². The van der Waals surface area contributed by atoms with E-state index >= 15 is 0 Å². The molecule has 1 saturated heterocycles. The van der Waals surface area contributed by atoms with Crippen LogP contribution in [0, 0.1) is 0 Å². The first-order valence-electron chi connectivity index (χ1n) is 4.16. The van der Waals surface area contributed by atoms with E-state index in [-0.39, 0.29) is 0 Å². The number of hydrogen-bond donors (Lipinski definition) is 0. The zero-order chi connectivity index (χ0) is 7.23. The predicted octanol–water partition coefficient (Wildman–Crippen LogP) is 2.66. The maximum absolute atomic E-state index is 5.27. The van der Waals surface area contributed by atoms with Crippen LogP contribution in [0.15, 0.2) is 0 Å². The second-order valence-electron chi connectivity index (χ2n) is 2.67. The van der Waals surface area contributed by atoms with Gasteiger partial charge in [-0.2, -0.15) is 0 Å². The maximum atomic E-state index is 5.27. The molecular weight excluding hydrogens is 144 g/mol. The summed E-state index contributed by atoms with van der Waals surface area (Å²) in [5, 5.41) is 0. The molecule has 1 heterocycles. The molecule has 1 nitrogen and oxygen atoms in total. The third-order valence-corrected chi connectivity index (χ3v) is 2.98. The van der Waals surface area contributed by atoms with Gasteiger partial charge in [-0.3, -0.25) is 0 Å². The van der Waals surface area contributed by atoms with Crippen molar-refractivity contribution < 1.29 is 4.74 Å². The van der Waals surface area contributed by atoms with Gasteiger partial charge in [0, 0.05) is 6.42 Å². The van der Waals surface area contributed by atoms with Crippen molar-refractivity contribution in [3.05, 3.63) is 0 Å². The number of hydrogen-bond acceptors (Lipinski definition) is 2. The highest BCUT2D eigenvalue weighted by Crippen LogP contribution is 2.24. The molecular formula is C8H16OS. The van der Waals surface area contributed by atoms with Crippen LogP contribution >= 0.6 is 11.8 Å². The van der Waals surface area contributed by atoms with Crippen molar-refractivity contribution in [1.82, 2.24) is 0 Å². The van der Waals surface area contributed by atoms with Gasteiger partial charge < -0.3 is 4.74 Å². The predicted molar refractivity (Wildman–Crippen MR) is 46.3 cm³/mol. The Hall–Kier alpha value is 0.310. The topological polar surface area (TPSA) is 9.23 Å². The van der Waals surface area contributed by atoms with E-state index in [1.807, 2.05) is 11.8 Å². The van der Waals surface area contributed by atoms with Crippen LogP contribution in [0.5, 0.6) is 0 Å². The lowest BCUT2D eigenvalue weighted by molar-refractivity contribution is 0.00982. The van der Waals surface area contributed by atoms with E-state index in [9.17, 15) is 0 Å². The quantitative estimate of drug-likeness (QED) is 0.572. The third-order valence-electron chi connectivity index (χ3n) is 1.71. The van der Waals surface area contributed by atoms with Gasteiger partial charge >= 0.3 is 0 Å². The summed E-state index contributed by atoms with van der Waals surface area (Å²) in [4.78, 5) is 0. The average molecular weight is 160 g/mol. The van der Waals surface area contributed by atoms with Crippen LogP contribution in [0.25, 0.3) is 0 Å². The summed E-state index contributed by atoms with van der Waals surface area (Å²) in [6, 6.07) is 0. The lowest BCUT2D eigenvalue weighted by atomic mass is 10.3. The van der Waals surface area contributed by atoms with Gasteiger partial charge in [-0.25, -0.2) is 0 Å². The average Bonchev–Trinajstić information content (AvgIpc) is 1.84. The Kier molecular flexibility index (Phi) is 4.23. The summed E-state index contributed by atoms with van der Waals surface area (Å²) >= 11 is 1.98. The lowest BCUT2D eigenvalue weighted by Crippen LogP contribution is -2.23. The van der Waals surface area contributed by atoms with Crippen molar-refractivity contribution in [2.75, 3.05) is 12.4 Å². The van der Waals surface area contributed by atoms with Crippen LogP contribution in [-0.4, -0.2) is 17.8 Å². The molecule has 0 aliphatic carbocycles. The second-order valence-corrected chi connectivity index (χ2v) is 3.93. The van der Waals surface area contributed by atoms with Crippen LogP contribution in [-0.2, 0) is 4.74 Å². The molecule has 10 heavy (non-hydrogen) atoms. The van der Waals surface area contributed by atoms with E-state index < -0.39 is 0 Å². The minimum Gasteiger partial charge on any atom is -0.367 e. The van der Waals surface area contributed by atoms with Crippen molar-refractivity contribution >= 4 is 11.8 Å². The van der Waals surface area contributed by atoms with E-state index in [1.165, 1.54) is 31.4 Å². The van der Waals surface area contributed by atoms with E-state index in [2.05, 4.69) is 6.92 Å². The lowest BCUT2D eigenvalue weighted by Gasteiger charge is -2.25. The molecule has 0 aromatic heterocycles. The van der Waals surface area contributed by atoms with Crippen molar-refractivity contribution in [1.29, 1.82) is 0 Å². The van der Waals surface area contributed by atoms with Crippen LogP contribution < -0.4 is 0 Å². The molecule has 60 valence electrons. The zero-order valence-corrected chi connectivity index (χ0v) is 7.45. The number of rotatable bonds is 5. The van der Waals surface area contributed by atoms with E-state index in [0.29, 0.717) is 5.44 Å². The molecule has 2 heteroatoms. The van der Waals surface area contributed by atoms with E-state index in [1.54, 1.807) is 0 Å². The molecule has 1 fully saturated rings. The highest BCUT2D eigenvalue weighted by Gasteiger charge is 2.17. The SMILES string of the molecule is CCCCCSC1CCO1. The van der Waals surface area contributed by atoms with Crippen molar-refractivity contribution in [2.45, 2.75) is 38.0 Å². The summed E-state index contributed by atoms with van der Waals surface area (Å²) in [5.41, 5.74) is 0.553. The second kappa shape index (κ2) is 5.03. The Labute approximate surface area is 67.5 Å². The van der Waals surface area contributed by atoms with Crippen molar-refractivity contribution in [3.63, 3.8) is 0 Å². The van der Waals surface area contributed by atoms with Gasteiger partial charge in [0.25, 0.3) is 0 Å². The fourth-order valence-corrected chi connectivity index (χ4v) is 2.00. The molecule has 0 aromatic rings. The molecule has 1 unspecified atom stereocenters. The van der Waals surface area contributed by atoms with Crippen LogP contribution in [0.2, 0.25) is 0 Å². The van der Waals surface area contributed by atoms with Crippen LogP contribution in [0.4, 0.5) is 0 Å². The number of unbranched alkanes of at least 4 members (excludes halogenated alkanes) is 2. The molecule has 0 saturated carbocycles. The molecule has 1 rings (SSSR count). The largest absolute Gasteiger partial charge is 0.367 e. The molecule has 0 spiro atoms. The minimum absolute atomic E-state index is 0.553. The van der Waals surface area contributed by atoms with Gasteiger partial charge in [-0.15, -0.1) is 11.8 Å². The van der Waals surface area contributed by atoms with Crippen LogP contribution in [0.1, 0.15) is 32.6 Å². The normalized spacial score (nSPS) is 24.3. The Bertz CT molecular complexity index is 81.3. The van der Waals surface area contributed by atoms with E-state index in [4.69, 9.17) is 4.74 Å². The molecule has 0 aromatic carbocycles. The molecule has 0 amide bonds. The Morgan fingerprint density at radius 2 is 2.30 bits per heavy atom. The first-order valence-corrected chi connectivity index (χ1v) is 5.21. The summed E-state index contributed by atoms with van der Waals surface area (Å²) in [7, 11) is 0. The molecule has 1 atom stereocenters. The molecule has 0 N–H and O–H groups in total. The number of ether oxygens (including phenoxy) is 1. The standard InChI is InChI=1S/C8H16OS/c1-2-3-4-7-10-8-5-6-9-8/h8H,2-7H2,1H3. The smallest absolute Gasteiger partial charge is 0.105 e. The summed E-state index contributed by atoms with van der Waals surface area (Å²) in [5.74, 6) is 1.29. The minimum atomic E-state index is 0.553. The zero-order valence-electron chi connectivity index (χ0n) is 6.64. The first-order chi connectivity index (χ1) is 4.93. The molecule has 1 aliphatic heterocycles. The van der Waals surface area contributed by atoms with Gasteiger partial charge in [0.2, 0.25) is 0 Å². The summed E-state index contributed by atoms with van der Waals surface area (Å²) < 4.78 is 5.27. The Balaban J connectivity index is 1.76. The Morgan fingerprint density at radius 3 is 2.80 bits per heavy atom. The van der Waals surface area contributed by atoms with Gasteiger partial charge in [0.1, 0.15) is 5.44 Å². The highest BCUT2D eigenvalue weighted by atomic mass is 32.2. The van der Waals surface area contributed by atoms with Gasteiger partial charge in [0.05, 0.1) is 6.61 Å². The summed E-state index contributed by atoms with van der Waals surface area (Å²) in [6.07, 6.45) is 5.34. The molecule has 0 bridgehead atoms. The monoisotopic (exact) mass is 160 g/mol. The van der Waals surface area contributed by atoms with Gasteiger partial charge in [0.15, 0.2) is 0 Å². The third kappa shape index (κ3) is 2.93. The Morgan fingerprint density at radius 1 is 1.50 bits per heavy atom. The fourth-order valence-electron chi connectivity index (χ4n) is 0.912. The molecule has 1 aliphatic rings. The fraction of sp³-hybridized carbons (Fsp3) is 1.00. The first kappa shape index (κ1) is 8.41. The van der Waals surface area contributed by atoms with Gasteiger partial charge in [-0.05, 0) is 12.2 Å². The van der Waals surface area contributed by atoms with E-state index in [0.717, 1.165) is 6.61 Å². The van der Waals surface area contributed by atoms with Crippen molar-refractivity contribution in [2.24, 2.45) is 0 Å². The van der Waals surface area contributed by atoms with Crippen molar-refractivity contribution in [3.8, 4) is 0 Å². The maximum Gasteiger partial charge on any atom is 0.105 e.